The lowest BCUT2D eigenvalue weighted by Crippen LogP contribution is -2.32. The van der Waals surface area contributed by atoms with Crippen molar-refractivity contribution in [3.8, 4) is 0 Å². The molecule has 5 heteroatoms. The first kappa shape index (κ1) is 15.1. The summed E-state index contributed by atoms with van der Waals surface area (Å²) in [5.74, 6) is 0. The van der Waals surface area contributed by atoms with Gasteiger partial charge in [-0.25, -0.2) is 0 Å². The van der Waals surface area contributed by atoms with Gasteiger partial charge in [0.15, 0.2) is 0 Å². The van der Waals surface area contributed by atoms with E-state index in [1.54, 1.807) is 11.3 Å². The maximum atomic E-state index is 3.49. The smallest absolute Gasteiger partial charge is 0.0701 e. The SMILES string of the molecule is CN(C)CCNCCN(C)Cc1csc(Br)c1. The fourth-order valence-electron chi connectivity index (χ4n) is 1.52. The normalized spacial score (nSPS) is 11.6. The Hall–Kier alpha value is 0.0600. The standard InChI is InChI=1S/C12H22BrN3S/c1-15(2)6-4-14-5-7-16(3)9-11-8-12(13)17-10-11/h8,10,14H,4-7,9H2,1-3H3. The zero-order valence-electron chi connectivity index (χ0n) is 10.9. The van der Waals surface area contributed by atoms with Crippen LogP contribution < -0.4 is 5.32 Å². The molecule has 1 aromatic rings. The largest absolute Gasteiger partial charge is 0.314 e. The van der Waals surface area contributed by atoms with Gasteiger partial charge in [-0.3, -0.25) is 0 Å². The Labute approximate surface area is 117 Å². The average Bonchev–Trinajstić information content (AvgIpc) is 2.63. The maximum Gasteiger partial charge on any atom is 0.0701 e. The molecule has 0 aliphatic rings. The highest BCUT2D eigenvalue weighted by atomic mass is 79.9. The van der Waals surface area contributed by atoms with Crippen LogP contribution in [-0.2, 0) is 6.54 Å². The van der Waals surface area contributed by atoms with Crippen molar-refractivity contribution in [1.82, 2.24) is 15.1 Å². The lowest BCUT2D eigenvalue weighted by Gasteiger charge is -2.16. The van der Waals surface area contributed by atoms with Gasteiger partial charge in [0, 0.05) is 32.7 Å². The van der Waals surface area contributed by atoms with Crippen molar-refractivity contribution in [1.29, 1.82) is 0 Å². The Bertz CT molecular complexity index is 314. The molecule has 17 heavy (non-hydrogen) atoms. The molecular formula is C12H22BrN3S. The monoisotopic (exact) mass is 319 g/mol. The fourth-order valence-corrected chi connectivity index (χ4v) is 2.72. The highest BCUT2D eigenvalue weighted by molar-refractivity contribution is 9.11. The summed E-state index contributed by atoms with van der Waals surface area (Å²) in [5.41, 5.74) is 1.39. The van der Waals surface area contributed by atoms with Crippen LogP contribution in [-0.4, -0.2) is 57.1 Å². The summed E-state index contributed by atoms with van der Waals surface area (Å²) in [7, 11) is 6.36. The van der Waals surface area contributed by atoms with E-state index in [1.807, 2.05) is 0 Å². The van der Waals surface area contributed by atoms with E-state index in [4.69, 9.17) is 0 Å². The lowest BCUT2D eigenvalue weighted by atomic mass is 10.3. The summed E-state index contributed by atoms with van der Waals surface area (Å²) >= 11 is 5.24. The second-order valence-electron chi connectivity index (χ2n) is 4.55. The molecule has 0 atom stereocenters. The third-order valence-electron chi connectivity index (χ3n) is 2.48. The van der Waals surface area contributed by atoms with Gasteiger partial charge in [0.2, 0.25) is 0 Å². The van der Waals surface area contributed by atoms with Gasteiger partial charge < -0.3 is 15.1 Å². The minimum absolute atomic E-state index is 1.03. The molecule has 0 saturated carbocycles. The van der Waals surface area contributed by atoms with Crippen LogP contribution >= 0.6 is 27.3 Å². The van der Waals surface area contributed by atoms with Crippen molar-refractivity contribution in [3.05, 3.63) is 20.8 Å². The van der Waals surface area contributed by atoms with Crippen molar-refractivity contribution in [2.75, 3.05) is 47.3 Å². The lowest BCUT2D eigenvalue weighted by molar-refractivity contribution is 0.319. The molecule has 1 aromatic heterocycles. The highest BCUT2D eigenvalue weighted by Gasteiger charge is 2.02. The highest BCUT2D eigenvalue weighted by Crippen LogP contribution is 2.21. The fraction of sp³-hybridized carbons (Fsp3) is 0.667. The summed E-state index contributed by atoms with van der Waals surface area (Å²) < 4.78 is 1.21. The first-order valence-electron chi connectivity index (χ1n) is 5.85. The van der Waals surface area contributed by atoms with Crippen molar-refractivity contribution in [2.45, 2.75) is 6.54 Å². The van der Waals surface area contributed by atoms with Gasteiger partial charge >= 0.3 is 0 Å². The molecule has 0 amide bonds. The molecule has 0 aliphatic heterocycles. The molecule has 0 saturated heterocycles. The van der Waals surface area contributed by atoms with Crippen LogP contribution in [0.15, 0.2) is 15.2 Å². The van der Waals surface area contributed by atoms with Crippen molar-refractivity contribution in [3.63, 3.8) is 0 Å². The quantitative estimate of drug-likeness (QED) is 0.740. The predicted octanol–water partition coefficient (Wildman–Crippen LogP) is 2.09. The molecule has 0 unspecified atom stereocenters. The van der Waals surface area contributed by atoms with E-state index in [0.717, 1.165) is 32.7 Å². The molecule has 0 fully saturated rings. The Morgan fingerprint density at radius 1 is 1.24 bits per heavy atom. The molecule has 0 aliphatic carbocycles. The number of hydrogen-bond donors (Lipinski definition) is 1. The summed E-state index contributed by atoms with van der Waals surface area (Å²) in [4.78, 5) is 4.54. The van der Waals surface area contributed by atoms with Gasteiger partial charge in [0.05, 0.1) is 3.79 Å². The number of nitrogens with one attached hydrogen (secondary N) is 1. The second kappa shape index (κ2) is 8.21. The van der Waals surface area contributed by atoms with Gasteiger partial charge in [0.1, 0.15) is 0 Å². The van der Waals surface area contributed by atoms with E-state index < -0.39 is 0 Å². The second-order valence-corrected chi connectivity index (χ2v) is 6.84. The minimum Gasteiger partial charge on any atom is -0.314 e. The third kappa shape index (κ3) is 7.16. The Morgan fingerprint density at radius 3 is 2.53 bits per heavy atom. The van der Waals surface area contributed by atoms with Crippen LogP contribution in [0.2, 0.25) is 0 Å². The van der Waals surface area contributed by atoms with E-state index in [-0.39, 0.29) is 0 Å². The van der Waals surface area contributed by atoms with Gasteiger partial charge in [-0.05, 0) is 54.1 Å². The summed E-state index contributed by atoms with van der Waals surface area (Å²) in [6.07, 6.45) is 0. The number of hydrogen-bond acceptors (Lipinski definition) is 4. The minimum atomic E-state index is 1.03. The molecule has 0 aromatic carbocycles. The Kier molecular flexibility index (Phi) is 7.30. The van der Waals surface area contributed by atoms with Crippen LogP contribution in [0.4, 0.5) is 0 Å². The number of likely N-dealkylation sites (N-methyl/N-ethyl adjacent to an activating group) is 2. The van der Waals surface area contributed by atoms with E-state index >= 15 is 0 Å². The van der Waals surface area contributed by atoms with E-state index in [0.29, 0.717) is 0 Å². The van der Waals surface area contributed by atoms with Crippen LogP contribution in [0.25, 0.3) is 0 Å². The summed E-state index contributed by atoms with van der Waals surface area (Å²) in [6.45, 7) is 5.32. The van der Waals surface area contributed by atoms with Gasteiger partial charge in [-0.15, -0.1) is 11.3 Å². The van der Waals surface area contributed by atoms with E-state index in [2.05, 4.69) is 63.6 Å². The molecule has 0 bridgehead atoms. The van der Waals surface area contributed by atoms with E-state index in [1.165, 1.54) is 9.35 Å². The first-order valence-corrected chi connectivity index (χ1v) is 7.52. The topological polar surface area (TPSA) is 18.5 Å². The molecule has 0 radical (unpaired) electrons. The van der Waals surface area contributed by atoms with Crippen molar-refractivity contribution >= 4 is 27.3 Å². The molecule has 1 heterocycles. The van der Waals surface area contributed by atoms with Crippen LogP contribution in [0.5, 0.6) is 0 Å². The molecular weight excluding hydrogens is 298 g/mol. The molecule has 1 rings (SSSR count). The molecule has 0 spiro atoms. The predicted molar refractivity (Wildman–Crippen MR) is 79.8 cm³/mol. The van der Waals surface area contributed by atoms with Crippen molar-refractivity contribution < 1.29 is 0 Å². The van der Waals surface area contributed by atoms with Crippen LogP contribution in [0, 0.1) is 0 Å². The summed E-state index contributed by atoms with van der Waals surface area (Å²) in [5, 5.41) is 5.66. The van der Waals surface area contributed by atoms with Crippen LogP contribution in [0.3, 0.4) is 0 Å². The molecule has 1 N–H and O–H groups in total. The molecule has 98 valence electrons. The number of nitrogens with zero attached hydrogens (tertiary/aromatic N) is 2. The van der Waals surface area contributed by atoms with Gasteiger partial charge in [-0.1, -0.05) is 0 Å². The van der Waals surface area contributed by atoms with E-state index in [9.17, 15) is 0 Å². The van der Waals surface area contributed by atoms with Crippen molar-refractivity contribution in [2.24, 2.45) is 0 Å². The maximum absolute atomic E-state index is 3.49. The Morgan fingerprint density at radius 2 is 1.94 bits per heavy atom. The zero-order valence-corrected chi connectivity index (χ0v) is 13.3. The zero-order chi connectivity index (χ0) is 12.7. The third-order valence-corrected chi connectivity index (χ3v) is 4.03. The van der Waals surface area contributed by atoms with Crippen LogP contribution in [0.1, 0.15) is 5.56 Å². The first-order chi connectivity index (χ1) is 8.08. The average molecular weight is 320 g/mol. The number of thiophene rings is 1. The Balaban J connectivity index is 2.07. The number of halogens is 1. The molecule has 3 nitrogen and oxygen atoms in total. The summed E-state index contributed by atoms with van der Waals surface area (Å²) in [6, 6.07) is 2.20. The number of rotatable bonds is 8. The van der Waals surface area contributed by atoms with Gasteiger partial charge in [0.25, 0.3) is 0 Å². The van der Waals surface area contributed by atoms with Gasteiger partial charge in [-0.2, -0.15) is 0 Å².